The van der Waals surface area contributed by atoms with Crippen molar-refractivity contribution in [1.82, 2.24) is 19.6 Å². The predicted octanol–water partition coefficient (Wildman–Crippen LogP) is 3.65. The van der Waals surface area contributed by atoms with Gasteiger partial charge in [-0.1, -0.05) is 23.9 Å². The molecule has 0 aliphatic rings. The summed E-state index contributed by atoms with van der Waals surface area (Å²) in [6.07, 6.45) is 0. The number of para-hydroxylation sites is 2. The molecule has 0 saturated carbocycles. The van der Waals surface area contributed by atoms with E-state index in [2.05, 4.69) is 21.3 Å². The van der Waals surface area contributed by atoms with Crippen molar-refractivity contribution in [2.45, 2.75) is 24.6 Å². The Labute approximate surface area is 142 Å². The molecule has 0 radical (unpaired) electrons. The molecule has 0 amide bonds. The Balaban J connectivity index is 1.89. The first-order chi connectivity index (χ1) is 11.7. The van der Waals surface area contributed by atoms with Crippen LogP contribution in [0.25, 0.3) is 16.7 Å². The number of fused-ring (bicyclic) bond motifs is 3. The van der Waals surface area contributed by atoms with Gasteiger partial charge in [0.15, 0.2) is 5.65 Å². The molecule has 0 unspecified atom stereocenters. The van der Waals surface area contributed by atoms with E-state index in [0.29, 0.717) is 28.7 Å². The van der Waals surface area contributed by atoms with Crippen LogP contribution in [0, 0.1) is 25.2 Å². The number of hydrogen-bond donors (Lipinski definition) is 0. The molecule has 0 bridgehead atoms. The number of hydrogen-bond acceptors (Lipinski definition) is 6. The van der Waals surface area contributed by atoms with Gasteiger partial charge in [0.25, 0.3) is 0 Å². The number of aromatic nitrogens is 4. The SMILES string of the molecule is Cc1nnc(CSc2cc(C)c(C#N)c3nc4ccccc4n23)o1. The van der Waals surface area contributed by atoms with Crippen molar-refractivity contribution >= 4 is 28.4 Å². The fraction of sp³-hybridized carbons (Fsp3) is 0.176. The molecule has 6 nitrogen and oxygen atoms in total. The summed E-state index contributed by atoms with van der Waals surface area (Å²) < 4.78 is 7.46. The van der Waals surface area contributed by atoms with E-state index in [4.69, 9.17) is 4.42 Å². The van der Waals surface area contributed by atoms with Gasteiger partial charge in [-0.15, -0.1) is 10.2 Å². The zero-order chi connectivity index (χ0) is 16.7. The number of nitrogens with zero attached hydrogens (tertiary/aromatic N) is 5. The molecule has 3 aromatic heterocycles. The van der Waals surface area contributed by atoms with E-state index < -0.39 is 0 Å². The van der Waals surface area contributed by atoms with Crippen LogP contribution in [0.2, 0.25) is 0 Å². The molecule has 0 saturated heterocycles. The van der Waals surface area contributed by atoms with Crippen molar-refractivity contribution in [1.29, 1.82) is 5.26 Å². The lowest BCUT2D eigenvalue weighted by molar-refractivity contribution is 0.485. The molecule has 0 spiro atoms. The number of thioether (sulfide) groups is 1. The van der Waals surface area contributed by atoms with Crippen LogP contribution in [0.1, 0.15) is 22.9 Å². The first-order valence-electron chi connectivity index (χ1n) is 7.40. The second kappa shape index (κ2) is 5.65. The lowest BCUT2D eigenvalue weighted by atomic mass is 10.2. The quantitative estimate of drug-likeness (QED) is 0.532. The maximum Gasteiger partial charge on any atom is 0.226 e. The third-order valence-electron chi connectivity index (χ3n) is 3.76. The Morgan fingerprint density at radius 1 is 1.25 bits per heavy atom. The van der Waals surface area contributed by atoms with Crippen molar-refractivity contribution in [2.75, 3.05) is 0 Å². The Bertz CT molecular complexity index is 1110. The largest absolute Gasteiger partial charge is 0.425 e. The van der Waals surface area contributed by atoms with Crippen LogP contribution in [0.15, 0.2) is 39.8 Å². The zero-order valence-corrected chi connectivity index (χ0v) is 14.0. The van der Waals surface area contributed by atoms with Crippen LogP contribution in [0.4, 0.5) is 0 Å². The van der Waals surface area contributed by atoms with Crippen LogP contribution < -0.4 is 0 Å². The summed E-state index contributed by atoms with van der Waals surface area (Å²) in [6, 6.07) is 12.2. The molecule has 0 aliphatic carbocycles. The van der Waals surface area contributed by atoms with Crippen molar-refractivity contribution < 1.29 is 4.42 Å². The molecular weight excluding hydrogens is 322 g/mol. The summed E-state index contributed by atoms with van der Waals surface area (Å²) in [4.78, 5) is 4.64. The van der Waals surface area contributed by atoms with E-state index in [1.54, 1.807) is 18.7 Å². The standard InChI is InChI=1S/C17H13N5OS/c1-10-7-16(24-9-15-21-20-11(2)23-15)22-14-6-4-3-5-13(14)19-17(22)12(10)8-18/h3-7H,9H2,1-2H3. The molecule has 4 aromatic rings. The topological polar surface area (TPSA) is 80.0 Å². The fourth-order valence-electron chi connectivity index (χ4n) is 2.69. The Kier molecular flexibility index (Phi) is 3.47. The van der Waals surface area contributed by atoms with E-state index in [-0.39, 0.29) is 0 Å². The second-order valence-electron chi connectivity index (χ2n) is 5.42. The average Bonchev–Trinajstić information content (AvgIpc) is 3.16. The summed E-state index contributed by atoms with van der Waals surface area (Å²) in [5, 5.41) is 18.4. The first kappa shape index (κ1) is 14.7. The van der Waals surface area contributed by atoms with Crippen molar-refractivity contribution in [2.24, 2.45) is 0 Å². The molecule has 24 heavy (non-hydrogen) atoms. The molecule has 1 aromatic carbocycles. The van der Waals surface area contributed by atoms with Gasteiger partial charge in [-0.25, -0.2) is 4.98 Å². The molecule has 0 atom stereocenters. The molecule has 7 heteroatoms. The molecule has 4 rings (SSSR count). The van der Waals surface area contributed by atoms with Gasteiger partial charge < -0.3 is 4.42 Å². The highest BCUT2D eigenvalue weighted by Crippen LogP contribution is 2.30. The van der Waals surface area contributed by atoms with Crippen molar-refractivity contribution in [3.05, 3.63) is 53.2 Å². The highest BCUT2D eigenvalue weighted by molar-refractivity contribution is 7.98. The molecule has 0 aliphatic heterocycles. The Morgan fingerprint density at radius 2 is 2.08 bits per heavy atom. The number of pyridine rings is 1. The zero-order valence-electron chi connectivity index (χ0n) is 13.1. The summed E-state index contributed by atoms with van der Waals surface area (Å²) in [7, 11) is 0. The normalized spacial score (nSPS) is 11.2. The monoisotopic (exact) mass is 335 g/mol. The van der Waals surface area contributed by atoms with E-state index in [1.807, 2.05) is 41.7 Å². The summed E-state index contributed by atoms with van der Waals surface area (Å²) >= 11 is 1.59. The van der Waals surface area contributed by atoms with Crippen molar-refractivity contribution in [3.8, 4) is 6.07 Å². The van der Waals surface area contributed by atoms with E-state index in [1.165, 1.54) is 0 Å². The number of rotatable bonds is 3. The van der Waals surface area contributed by atoms with Gasteiger partial charge in [0.05, 0.1) is 27.4 Å². The lowest BCUT2D eigenvalue weighted by Crippen LogP contribution is -1.97. The molecule has 3 heterocycles. The molecular formula is C17H13N5OS. The minimum absolute atomic E-state index is 0.555. The molecule has 118 valence electrons. The maximum atomic E-state index is 9.50. The van der Waals surface area contributed by atoms with E-state index >= 15 is 0 Å². The van der Waals surface area contributed by atoms with E-state index in [0.717, 1.165) is 21.6 Å². The Morgan fingerprint density at radius 3 is 2.83 bits per heavy atom. The summed E-state index contributed by atoms with van der Waals surface area (Å²) in [5.41, 5.74) is 4.04. The van der Waals surface area contributed by atoms with Gasteiger partial charge >= 0.3 is 0 Å². The van der Waals surface area contributed by atoms with Crippen LogP contribution >= 0.6 is 11.8 Å². The Hall–Kier alpha value is -2.85. The smallest absolute Gasteiger partial charge is 0.226 e. The minimum atomic E-state index is 0.555. The minimum Gasteiger partial charge on any atom is -0.425 e. The second-order valence-corrected chi connectivity index (χ2v) is 6.41. The highest BCUT2D eigenvalue weighted by atomic mass is 32.2. The van der Waals surface area contributed by atoms with Gasteiger partial charge in [0, 0.05) is 6.92 Å². The lowest BCUT2D eigenvalue weighted by Gasteiger charge is -2.08. The highest BCUT2D eigenvalue weighted by Gasteiger charge is 2.16. The van der Waals surface area contributed by atoms with Gasteiger partial charge in [0.2, 0.25) is 11.8 Å². The van der Waals surface area contributed by atoms with Crippen LogP contribution in [0.3, 0.4) is 0 Å². The summed E-state index contributed by atoms with van der Waals surface area (Å²) in [6.45, 7) is 3.70. The van der Waals surface area contributed by atoms with Gasteiger partial charge in [-0.05, 0) is 30.7 Å². The number of benzene rings is 1. The molecule has 0 N–H and O–H groups in total. The van der Waals surface area contributed by atoms with Gasteiger partial charge in [-0.3, -0.25) is 4.40 Å². The van der Waals surface area contributed by atoms with Crippen LogP contribution in [-0.2, 0) is 5.75 Å². The fourth-order valence-corrected chi connectivity index (χ4v) is 3.65. The number of imidazole rings is 1. The van der Waals surface area contributed by atoms with Gasteiger partial charge in [-0.2, -0.15) is 5.26 Å². The average molecular weight is 335 g/mol. The van der Waals surface area contributed by atoms with Crippen molar-refractivity contribution in [3.63, 3.8) is 0 Å². The number of nitriles is 1. The summed E-state index contributed by atoms with van der Waals surface area (Å²) in [5.74, 6) is 1.70. The first-order valence-corrected chi connectivity index (χ1v) is 8.38. The van der Waals surface area contributed by atoms with E-state index in [9.17, 15) is 5.26 Å². The predicted molar refractivity (Wildman–Crippen MR) is 90.7 cm³/mol. The third kappa shape index (κ3) is 2.32. The maximum absolute atomic E-state index is 9.50. The van der Waals surface area contributed by atoms with Crippen LogP contribution in [-0.4, -0.2) is 19.6 Å². The van der Waals surface area contributed by atoms with Crippen LogP contribution in [0.5, 0.6) is 0 Å². The number of aryl methyl sites for hydroxylation is 2. The van der Waals surface area contributed by atoms with Gasteiger partial charge in [0.1, 0.15) is 6.07 Å². The third-order valence-corrected chi connectivity index (χ3v) is 4.75. The molecule has 0 fully saturated rings.